The summed E-state index contributed by atoms with van der Waals surface area (Å²) in [6.07, 6.45) is 1.14. The number of carbonyl (C=O) groups excluding carboxylic acids is 1. The lowest BCUT2D eigenvalue weighted by Crippen LogP contribution is -2.40. The van der Waals surface area contributed by atoms with Crippen LogP contribution in [0, 0.1) is 5.92 Å². The maximum atomic E-state index is 11.6. The first-order chi connectivity index (χ1) is 7.18. The normalized spacial score (nSPS) is 17.7. The number of halogens is 1. The first-order valence-electron chi connectivity index (χ1n) is 5.88. The highest BCUT2D eigenvalue weighted by Gasteiger charge is 2.12. The Morgan fingerprint density at radius 3 is 2.81 bits per heavy atom. The summed E-state index contributed by atoms with van der Waals surface area (Å²) in [6.45, 7) is 9.63. The fourth-order valence-corrected chi connectivity index (χ4v) is 1.64. The molecule has 96 valence electrons. The third kappa shape index (κ3) is 7.04. The highest BCUT2D eigenvalue weighted by Crippen LogP contribution is 1.95. The summed E-state index contributed by atoms with van der Waals surface area (Å²) in [4.78, 5) is 13.8. The molecular formula is C11H24ClN3O. The average molecular weight is 250 g/mol. The van der Waals surface area contributed by atoms with Crippen LogP contribution in [0.15, 0.2) is 0 Å². The van der Waals surface area contributed by atoms with E-state index in [0.29, 0.717) is 12.5 Å². The van der Waals surface area contributed by atoms with Gasteiger partial charge in [-0.1, -0.05) is 13.8 Å². The zero-order valence-electron chi connectivity index (χ0n) is 10.3. The van der Waals surface area contributed by atoms with Crippen molar-refractivity contribution in [1.82, 2.24) is 15.5 Å². The molecule has 0 aromatic carbocycles. The minimum atomic E-state index is 0. The Hall–Kier alpha value is -0.320. The molecule has 0 radical (unpaired) electrons. The maximum absolute atomic E-state index is 11.6. The first-order valence-corrected chi connectivity index (χ1v) is 5.88. The van der Waals surface area contributed by atoms with Crippen LogP contribution in [0.2, 0.25) is 0 Å². The van der Waals surface area contributed by atoms with Crippen LogP contribution in [0.3, 0.4) is 0 Å². The second-order valence-electron chi connectivity index (χ2n) is 4.58. The van der Waals surface area contributed by atoms with Gasteiger partial charge in [0.15, 0.2) is 0 Å². The van der Waals surface area contributed by atoms with Crippen molar-refractivity contribution >= 4 is 18.3 Å². The van der Waals surface area contributed by atoms with E-state index in [-0.39, 0.29) is 18.3 Å². The van der Waals surface area contributed by atoms with Gasteiger partial charge >= 0.3 is 0 Å². The number of carbonyl (C=O) groups is 1. The standard InChI is InChI=1S/C11H23N3O.ClH/c1-10(2)8-13-11(15)9-14-6-3-4-12-5-7-14;/h10,12H,3-9H2,1-2H3,(H,13,15);1H. The molecule has 4 nitrogen and oxygen atoms in total. The molecule has 0 aromatic heterocycles. The molecule has 0 saturated carbocycles. The molecule has 2 N–H and O–H groups in total. The molecule has 1 heterocycles. The quantitative estimate of drug-likeness (QED) is 0.762. The molecule has 0 spiro atoms. The van der Waals surface area contributed by atoms with Crippen molar-refractivity contribution in [2.75, 3.05) is 39.3 Å². The van der Waals surface area contributed by atoms with Crippen LogP contribution >= 0.6 is 12.4 Å². The van der Waals surface area contributed by atoms with Gasteiger partial charge in [-0.15, -0.1) is 12.4 Å². The fraction of sp³-hybridized carbons (Fsp3) is 0.909. The Bertz CT molecular complexity index is 192. The first kappa shape index (κ1) is 15.7. The van der Waals surface area contributed by atoms with Crippen molar-refractivity contribution in [3.05, 3.63) is 0 Å². The molecule has 0 aliphatic carbocycles. The zero-order chi connectivity index (χ0) is 11.1. The van der Waals surface area contributed by atoms with E-state index < -0.39 is 0 Å². The third-order valence-electron chi connectivity index (χ3n) is 2.51. The van der Waals surface area contributed by atoms with Crippen molar-refractivity contribution in [3.8, 4) is 0 Å². The highest BCUT2D eigenvalue weighted by atomic mass is 35.5. The van der Waals surface area contributed by atoms with Crippen LogP contribution in [0.1, 0.15) is 20.3 Å². The Balaban J connectivity index is 0.00000225. The lowest BCUT2D eigenvalue weighted by atomic mass is 10.2. The van der Waals surface area contributed by atoms with E-state index >= 15 is 0 Å². The van der Waals surface area contributed by atoms with E-state index in [1.807, 2.05) is 0 Å². The SMILES string of the molecule is CC(C)CNC(=O)CN1CCCNCC1.Cl. The molecule has 1 rings (SSSR count). The van der Waals surface area contributed by atoms with E-state index in [4.69, 9.17) is 0 Å². The van der Waals surface area contributed by atoms with Gasteiger partial charge in [-0.25, -0.2) is 0 Å². The molecular weight excluding hydrogens is 226 g/mol. The average Bonchev–Trinajstić information content (AvgIpc) is 2.43. The predicted octanol–water partition coefficient (Wildman–Crippen LogP) is 0.476. The van der Waals surface area contributed by atoms with E-state index in [1.54, 1.807) is 0 Å². The number of nitrogens with one attached hydrogen (secondary N) is 2. The van der Waals surface area contributed by atoms with Gasteiger partial charge < -0.3 is 10.6 Å². The highest BCUT2D eigenvalue weighted by molar-refractivity contribution is 5.85. The van der Waals surface area contributed by atoms with Crippen molar-refractivity contribution in [3.63, 3.8) is 0 Å². The van der Waals surface area contributed by atoms with Crippen LogP contribution in [-0.2, 0) is 4.79 Å². The van der Waals surface area contributed by atoms with Gasteiger partial charge in [0.1, 0.15) is 0 Å². The number of hydrogen-bond acceptors (Lipinski definition) is 3. The topological polar surface area (TPSA) is 44.4 Å². The van der Waals surface area contributed by atoms with Gasteiger partial charge in [0.2, 0.25) is 5.91 Å². The predicted molar refractivity (Wildman–Crippen MR) is 69.0 cm³/mol. The number of amides is 1. The largest absolute Gasteiger partial charge is 0.355 e. The van der Waals surface area contributed by atoms with Crippen molar-refractivity contribution in [1.29, 1.82) is 0 Å². The van der Waals surface area contributed by atoms with Crippen LogP contribution in [0.25, 0.3) is 0 Å². The van der Waals surface area contributed by atoms with Gasteiger partial charge in [-0.3, -0.25) is 9.69 Å². The van der Waals surface area contributed by atoms with E-state index in [1.165, 1.54) is 0 Å². The van der Waals surface area contributed by atoms with Gasteiger partial charge in [-0.05, 0) is 25.4 Å². The van der Waals surface area contributed by atoms with Gasteiger partial charge in [-0.2, -0.15) is 0 Å². The molecule has 16 heavy (non-hydrogen) atoms. The lowest BCUT2D eigenvalue weighted by Gasteiger charge is -2.19. The minimum absolute atomic E-state index is 0. The molecule has 1 amide bonds. The molecule has 1 saturated heterocycles. The van der Waals surface area contributed by atoms with E-state index in [9.17, 15) is 4.79 Å². The summed E-state index contributed by atoms with van der Waals surface area (Å²) in [6, 6.07) is 0. The number of rotatable bonds is 4. The molecule has 0 atom stereocenters. The number of hydrogen-bond donors (Lipinski definition) is 2. The van der Waals surface area contributed by atoms with E-state index in [0.717, 1.165) is 39.1 Å². The molecule has 1 fully saturated rings. The summed E-state index contributed by atoms with van der Waals surface area (Å²) in [5.41, 5.74) is 0. The molecule has 5 heteroatoms. The minimum Gasteiger partial charge on any atom is -0.355 e. The fourth-order valence-electron chi connectivity index (χ4n) is 1.64. The summed E-state index contributed by atoms with van der Waals surface area (Å²) in [5.74, 6) is 0.686. The molecule has 1 aliphatic rings. The Labute approximate surface area is 105 Å². The number of nitrogens with zero attached hydrogens (tertiary/aromatic N) is 1. The zero-order valence-corrected chi connectivity index (χ0v) is 11.1. The summed E-state index contributed by atoms with van der Waals surface area (Å²) in [7, 11) is 0. The van der Waals surface area contributed by atoms with Crippen LogP contribution in [0.5, 0.6) is 0 Å². The molecule has 0 bridgehead atoms. The Morgan fingerprint density at radius 2 is 2.12 bits per heavy atom. The van der Waals surface area contributed by atoms with Crippen molar-refractivity contribution < 1.29 is 4.79 Å². The Kier molecular flexibility index (Phi) is 8.61. The Morgan fingerprint density at radius 1 is 1.38 bits per heavy atom. The summed E-state index contributed by atoms with van der Waals surface area (Å²) in [5, 5.41) is 6.28. The van der Waals surface area contributed by atoms with Gasteiger partial charge in [0.05, 0.1) is 6.54 Å². The lowest BCUT2D eigenvalue weighted by molar-refractivity contribution is -0.122. The van der Waals surface area contributed by atoms with Gasteiger partial charge in [0.25, 0.3) is 0 Å². The molecule has 0 aromatic rings. The van der Waals surface area contributed by atoms with Gasteiger partial charge in [0, 0.05) is 19.6 Å². The second kappa shape index (κ2) is 8.79. The van der Waals surface area contributed by atoms with Crippen LogP contribution in [-0.4, -0.2) is 50.1 Å². The van der Waals surface area contributed by atoms with Crippen molar-refractivity contribution in [2.45, 2.75) is 20.3 Å². The van der Waals surface area contributed by atoms with Crippen LogP contribution < -0.4 is 10.6 Å². The third-order valence-corrected chi connectivity index (χ3v) is 2.51. The second-order valence-corrected chi connectivity index (χ2v) is 4.58. The van der Waals surface area contributed by atoms with Crippen molar-refractivity contribution in [2.24, 2.45) is 5.92 Å². The summed E-state index contributed by atoms with van der Waals surface area (Å²) < 4.78 is 0. The summed E-state index contributed by atoms with van der Waals surface area (Å²) >= 11 is 0. The smallest absolute Gasteiger partial charge is 0.234 e. The molecule has 0 unspecified atom stereocenters. The molecule has 1 aliphatic heterocycles. The monoisotopic (exact) mass is 249 g/mol. The van der Waals surface area contributed by atoms with Crippen LogP contribution in [0.4, 0.5) is 0 Å². The maximum Gasteiger partial charge on any atom is 0.234 e. The van der Waals surface area contributed by atoms with E-state index in [2.05, 4.69) is 29.4 Å².